The number of nitrogens with one attached hydrogen (secondary N) is 1. The Morgan fingerprint density at radius 1 is 1.44 bits per heavy atom. The molecule has 1 aromatic carbocycles. The monoisotopic (exact) mass is 265 g/mol. The summed E-state index contributed by atoms with van der Waals surface area (Å²) < 4.78 is 30.4. The molecule has 6 heteroatoms. The first-order chi connectivity index (χ1) is 8.61. The Kier molecular flexibility index (Phi) is 3.53. The van der Waals surface area contributed by atoms with Gasteiger partial charge in [-0.25, -0.2) is 8.78 Å². The lowest BCUT2D eigenvalue weighted by atomic mass is 10.2. The molecule has 1 N–H and O–H groups in total. The summed E-state index contributed by atoms with van der Waals surface area (Å²) in [6, 6.07) is 5.30. The number of hydrogen-bond acceptors (Lipinski definition) is 4. The summed E-state index contributed by atoms with van der Waals surface area (Å²) in [5.74, 6) is -0.974. The minimum absolute atomic E-state index is 0.111. The number of aryl methyl sites for hydroxylation is 1. The van der Waals surface area contributed by atoms with Crippen LogP contribution in [-0.4, -0.2) is 4.37 Å². The molecule has 0 saturated carbocycles. The van der Waals surface area contributed by atoms with Crippen LogP contribution in [0.15, 0.2) is 18.2 Å². The van der Waals surface area contributed by atoms with Crippen molar-refractivity contribution in [2.75, 3.05) is 5.32 Å². The van der Waals surface area contributed by atoms with Gasteiger partial charge in [0.25, 0.3) is 0 Å². The Labute approximate surface area is 107 Å². The van der Waals surface area contributed by atoms with Crippen LogP contribution >= 0.6 is 11.5 Å². The molecule has 0 unspecified atom stereocenters. The molecule has 0 atom stereocenters. The van der Waals surface area contributed by atoms with E-state index in [0.717, 1.165) is 29.7 Å². The van der Waals surface area contributed by atoms with E-state index in [1.165, 1.54) is 0 Å². The maximum Gasteiger partial charge on any atom is 0.128 e. The van der Waals surface area contributed by atoms with E-state index < -0.39 is 11.6 Å². The second-order valence-corrected chi connectivity index (χ2v) is 4.45. The zero-order chi connectivity index (χ0) is 13.1. The number of aromatic nitrogens is 1. The van der Waals surface area contributed by atoms with Crippen LogP contribution in [0.2, 0.25) is 0 Å². The van der Waals surface area contributed by atoms with E-state index in [1.54, 1.807) is 6.92 Å². The zero-order valence-corrected chi connectivity index (χ0v) is 10.3. The van der Waals surface area contributed by atoms with Gasteiger partial charge in [-0.15, -0.1) is 0 Å². The van der Waals surface area contributed by atoms with Gasteiger partial charge in [0, 0.05) is 12.1 Å². The van der Waals surface area contributed by atoms with E-state index in [-0.39, 0.29) is 12.1 Å². The van der Waals surface area contributed by atoms with Gasteiger partial charge in [-0.05, 0) is 36.7 Å². The molecule has 0 aliphatic heterocycles. The average molecular weight is 265 g/mol. The van der Waals surface area contributed by atoms with Crippen LogP contribution < -0.4 is 5.32 Å². The van der Waals surface area contributed by atoms with Crippen molar-refractivity contribution in [3.63, 3.8) is 0 Å². The van der Waals surface area contributed by atoms with Gasteiger partial charge in [-0.2, -0.15) is 9.64 Å². The lowest BCUT2D eigenvalue weighted by molar-refractivity contribution is 0.588. The van der Waals surface area contributed by atoms with Crippen molar-refractivity contribution in [3.05, 3.63) is 46.7 Å². The van der Waals surface area contributed by atoms with Crippen molar-refractivity contribution < 1.29 is 8.78 Å². The SMILES string of the molecule is Cc1nsc(NCc2cc(F)ccc2F)c1C#N. The van der Waals surface area contributed by atoms with Crippen molar-refractivity contribution in [1.29, 1.82) is 5.26 Å². The summed E-state index contributed by atoms with van der Waals surface area (Å²) in [4.78, 5) is 0. The summed E-state index contributed by atoms with van der Waals surface area (Å²) in [5.41, 5.74) is 1.28. The topological polar surface area (TPSA) is 48.7 Å². The van der Waals surface area contributed by atoms with Gasteiger partial charge in [0.15, 0.2) is 0 Å². The molecule has 0 spiro atoms. The van der Waals surface area contributed by atoms with Crippen LogP contribution in [-0.2, 0) is 6.54 Å². The van der Waals surface area contributed by atoms with E-state index >= 15 is 0 Å². The van der Waals surface area contributed by atoms with Crippen LogP contribution in [0.4, 0.5) is 13.8 Å². The van der Waals surface area contributed by atoms with Crippen LogP contribution in [0.5, 0.6) is 0 Å². The normalized spacial score (nSPS) is 10.1. The molecule has 1 heterocycles. The van der Waals surface area contributed by atoms with Crippen LogP contribution in [0.1, 0.15) is 16.8 Å². The van der Waals surface area contributed by atoms with Gasteiger partial charge in [-0.3, -0.25) is 0 Å². The van der Waals surface area contributed by atoms with Gasteiger partial charge in [0.2, 0.25) is 0 Å². The highest BCUT2D eigenvalue weighted by atomic mass is 32.1. The van der Waals surface area contributed by atoms with Crippen molar-refractivity contribution in [3.8, 4) is 6.07 Å². The minimum Gasteiger partial charge on any atom is -0.370 e. The third-order valence-electron chi connectivity index (χ3n) is 2.42. The molecule has 0 aliphatic carbocycles. The van der Waals surface area contributed by atoms with Crippen molar-refractivity contribution >= 4 is 16.5 Å². The first-order valence-corrected chi connectivity index (χ1v) is 5.93. The molecule has 0 aliphatic rings. The number of hydrogen-bond donors (Lipinski definition) is 1. The predicted molar refractivity (Wildman–Crippen MR) is 65.3 cm³/mol. The van der Waals surface area contributed by atoms with Crippen LogP contribution in [0.25, 0.3) is 0 Å². The molecular weight excluding hydrogens is 256 g/mol. The Morgan fingerprint density at radius 2 is 2.22 bits per heavy atom. The molecule has 0 fully saturated rings. The molecule has 0 bridgehead atoms. The average Bonchev–Trinajstić information content (AvgIpc) is 2.71. The summed E-state index contributed by atoms with van der Waals surface area (Å²) >= 11 is 1.13. The molecule has 92 valence electrons. The molecule has 2 rings (SSSR count). The van der Waals surface area contributed by atoms with E-state index in [2.05, 4.69) is 9.69 Å². The molecular formula is C12H9F2N3S. The predicted octanol–water partition coefficient (Wildman–Crippen LogP) is 3.21. The smallest absolute Gasteiger partial charge is 0.128 e. The maximum absolute atomic E-state index is 13.4. The van der Waals surface area contributed by atoms with Gasteiger partial charge in [-0.1, -0.05) is 0 Å². The first kappa shape index (κ1) is 12.5. The maximum atomic E-state index is 13.4. The number of nitriles is 1. The summed E-state index contributed by atoms with van der Waals surface area (Å²) in [6.07, 6.45) is 0. The van der Waals surface area contributed by atoms with Crippen molar-refractivity contribution in [1.82, 2.24) is 4.37 Å². The summed E-state index contributed by atoms with van der Waals surface area (Å²) in [5, 5.41) is 12.4. The largest absolute Gasteiger partial charge is 0.370 e. The Hall–Kier alpha value is -2.00. The lowest BCUT2D eigenvalue weighted by Crippen LogP contribution is -2.02. The first-order valence-electron chi connectivity index (χ1n) is 5.16. The van der Waals surface area contributed by atoms with Gasteiger partial charge < -0.3 is 5.32 Å². The molecule has 0 amide bonds. The molecule has 0 radical (unpaired) electrons. The van der Waals surface area contributed by atoms with E-state index in [4.69, 9.17) is 5.26 Å². The van der Waals surface area contributed by atoms with Crippen molar-refractivity contribution in [2.45, 2.75) is 13.5 Å². The molecule has 18 heavy (non-hydrogen) atoms. The fourth-order valence-corrected chi connectivity index (χ4v) is 2.22. The highest BCUT2D eigenvalue weighted by molar-refractivity contribution is 7.10. The number of nitrogens with zero attached hydrogens (tertiary/aromatic N) is 2. The minimum atomic E-state index is -0.491. The van der Waals surface area contributed by atoms with Crippen LogP contribution in [0, 0.1) is 29.9 Å². The second kappa shape index (κ2) is 5.10. The van der Waals surface area contributed by atoms with Gasteiger partial charge in [0.05, 0.1) is 5.69 Å². The molecule has 2 aromatic rings. The Balaban J connectivity index is 2.17. The van der Waals surface area contributed by atoms with Gasteiger partial charge in [0.1, 0.15) is 28.3 Å². The standard InChI is InChI=1S/C12H9F2N3S/c1-7-10(5-15)12(18-17-7)16-6-8-4-9(13)2-3-11(8)14/h2-4,16H,6H2,1H3. The summed E-state index contributed by atoms with van der Waals surface area (Å²) in [7, 11) is 0. The Bertz CT molecular complexity index is 614. The molecule has 0 saturated heterocycles. The second-order valence-electron chi connectivity index (χ2n) is 3.67. The highest BCUT2D eigenvalue weighted by Gasteiger charge is 2.10. The van der Waals surface area contributed by atoms with Crippen molar-refractivity contribution in [2.24, 2.45) is 0 Å². The summed E-state index contributed by atoms with van der Waals surface area (Å²) in [6.45, 7) is 1.84. The lowest BCUT2D eigenvalue weighted by Gasteiger charge is -2.05. The fraction of sp³-hybridized carbons (Fsp3) is 0.167. The van der Waals surface area contributed by atoms with Crippen LogP contribution in [0.3, 0.4) is 0 Å². The van der Waals surface area contributed by atoms with Gasteiger partial charge >= 0.3 is 0 Å². The molecule has 3 nitrogen and oxygen atoms in total. The number of benzene rings is 1. The molecule has 1 aromatic heterocycles. The zero-order valence-electron chi connectivity index (χ0n) is 9.50. The highest BCUT2D eigenvalue weighted by Crippen LogP contribution is 2.24. The quantitative estimate of drug-likeness (QED) is 0.927. The van der Waals surface area contributed by atoms with E-state index in [9.17, 15) is 8.78 Å². The van der Waals surface area contributed by atoms with E-state index in [1.807, 2.05) is 6.07 Å². The Morgan fingerprint density at radius 3 is 2.94 bits per heavy atom. The third kappa shape index (κ3) is 2.46. The number of halogens is 2. The van der Waals surface area contributed by atoms with E-state index in [0.29, 0.717) is 16.3 Å². The fourth-order valence-electron chi connectivity index (χ4n) is 1.48. The number of rotatable bonds is 3. The third-order valence-corrected chi connectivity index (χ3v) is 3.32. The number of anilines is 1.